The van der Waals surface area contributed by atoms with Gasteiger partial charge in [-0.05, 0) is 84.0 Å². The summed E-state index contributed by atoms with van der Waals surface area (Å²) in [6.07, 6.45) is 1.11. The maximum atomic E-state index is 12.3. The molecule has 2 aromatic carbocycles. The first-order chi connectivity index (χ1) is 12.4. The number of thiocarbonyl (C=S) groups is 1. The molecule has 26 heavy (non-hydrogen) atoms. The lowest BCUT2D eigenvalue weighted by molar-refractivity contribution is 0.0977. The fourth-order valence-electron chi connectivity index (χ4n) is 2.08. The minimum absolute atomic E-state index is 0.165. The van der Waals surface area contributed by atoms with Crippen LogP contribution in [0.4, 0.5) is 5.69 Å². The van der Waals surface area contributed by atoms with Crippen LogP contribution in [0.3, 0.4) is 0 Å². The molecule has 0 aliphatic rings. The molecule has 2 aromatic rings. The van der Waals surface area contributed by atoms with Crippen molar-refractivity contribution in [1.82, 2.24) is 5.32 Å². The van der Waals surface area contributed by atoms with E-state index in [9.17, 15) is 4.79 Å². The first-order valence-electron chi connectivity index (χ1n) is 8.15. The molecular formula is C19H21BrN2O3S. The van der Waals surface area contributed by atoms with Crippen LogP contribution in [-0.2, 0) is 0 Å². The maximum absolute atomic E-state index is 12.3. The summed E-state index contributed by atoms with van der Waals surface area (Å²) in [7, 11) is 1.57. The second-order valence-corrected chi connectivity index (χ2v) is 6.88. The normalized spacial score (nSPS) is 11.4. The van der Waals surface area contributed by atoms with Crippen molar-refractivity contribution in [1.29, 1.82) is 0 Å². The molecule has 2 rings (SSSR count). The van der Waals surface area contributed by atoms with Gasteiger partial charge in [-0.1, -0.05) is 6.92 Å². The van der Waals surface area contributed by atoms with Gasteiger partial charge in [0, 0.05) is 11.3 Å². The van der Waals surface area contributed by atoms with Crippen LogP contribution in [-0.4, -0.2) is 24.2 Å². The number of ether oxygens (including phenoxy) is 2. The van der Waals surface area contributed by atoms with Crippen molar-refractivity contribution in [2.24, 2.45) is 0 Å². The Bertz CT molecular complexity index is 781. The van der Waals surface area contributed by atoms with E-state index in [0.29, 0.717) is 15.8 Å². The first-order valence-corrected chi connectivity index (χ1v) is 9.35. The van der Waals surface area contributed by atoms with Crippen molar-refractivity contribution in [3.05, 3.63) is 52.5 Å². The van der Waals surface area contributed by atoms with Gasteiger partial charge in [0.2, 0.25) is 0 Å². The number of rotatable bonds is 6. The predicted octanol–water partition coefficient (Wildman–Crippen LogP) is 4.76. The summed E-state index contributed by atoms with van der Waals surface area (Å²) < 4.78 is 11.6. The Balaban J connectivity index is 1.93. The molecule has 0 radical (unpaired) electrons. The number of halogens is 1. The Morgan fingerprint density at radius 2 is 1.92 bits per heavy atom. The van der Waals surface area contributed by atoms with Crippen molar-refractivity contribution < 1.29 is 14.3 Å². The Hall–Kier alpha value is -2.12. The largest absolute Gasteiger partial charge is 0.496 e. The van der Waals surface area contributed by atoms with Gasteiger partial charge in [0.1, 0.15) is 11.5 Å². The number of amides is 1. The van der Waals surface area contributed by atoms with Crippen LogP contribution >= 0.6 is 28.1 Å². The van der Waals surface area contributed by atoms with Gasteiger partial charge in [-0.2, -0.15) is 0 Å². The number of methoxy groups -OCH3 is 1. The maximum Gasteiger partial charge on any atom is 0.257 e. The quantitative estimate of drug-likeness (QED) is 0.639. The van der Waals surface area contributed by atoms with E-state index < -0.39 is 0 Å². The number of hydrogen-bond donors (Lipinski definition) is 2. The van der Waals surface area contributed by atoms with Gasteiger partial charge in [0.05, 0.1) is 17.7 Å². The molecule has 0 fully saturated rings. The lowest BCUT2D eigenvalue weighted by Crippen LogP contribution is -2.34. The third-order valence-electron chi connectivity index (χ3n) is 3.67. The summed E-state index contributed by atoms with van der Waals surface area (Å²) in [5, 5.41) is 5.86. The van der Waals surface area contributed by atoms with E-state index in [2.05, 4.69) is 33.5 Å². The molecule has 0 aliphatic carbocycles. The molecule has 0 spiro atoms. The van der Waals surface area contributed by atoms with Gasteiger partial charge < -0.3 is 14.8 Å². The van der Waals surface area contributed by atoms with Crippen LogP contribution in [0.2, 0.25) is 0 Å². The zero-order chi connectivity index (χ0) is 19.1. The highest BCUT2D eigenvalue weighted by Gasteiger charge is 2.11. The number of hydrogen-bond acceptors (Lipinski definition) is 4. The topological polar surface area (TPSA) is 59.6 Å². The molecule has 0 aliphatic heterocycles. The number of nitrogens with one attached hydrogen (secondary N) is 2. The lowest BCUT2D eigenvalue weighted by Gasteiger charge is -2.14. The zero-order valence-electron chi connectivity index (χ0n) is 14.8. The molecule has 0 saturated heterocycles. The molecule has 5 nitrogen and oxygen atoms in total. The molecule has 7 heteroatoms. The Labute approximate surface area is 167 Å². The van der Waals surface area contributed by atoms with Gasteiger partial charge in [0.25, 0.3) is 5.91 Å². The summed E-state index contributed by atoms with van der Waals surface area (Å²) >= 11 is 8.56. The smallest absolute Gasteiger partial charge is 0.257 e. The monoisotopic (exact) mass is 436 g/mol. The Morgan fingerprint density at radius 3 is 2.50 bits per heavy atom. The molecule has 0 heterocycles. The highest BCUT2D eigenvalue weighted by Crippen LogP contribution is 2.25. The van der Waals surface area contributed by atoms with Gasteiger partial charge in [-0.15, -0.1) is 0 Å². The van der Waals surface area contributed by atoms with Crippen molar-refractivity contribution in [3.63, 3.8) is 0 Å². The Kier molecular flexibility index (Phi) is 7.41. The van der Waals surface area contributed by atoms with Crippen LogP contribution in [0, 0.1) is 0 Å². The van der Waals surface area contributed by atoms with Crippen LogP contribution < -0.4 is 20.1 Å². The van der Waals surface area contributed by atoms with Gasteiger partial charge in [0.15, 0.2) is 5.11 Å². The Morgan fingerprint density at radius 1 is 1.23 bits per heavy atom. The van der Waals surface area contributed by atoms with E-state index in [1.54, 1.807) is 25.3 Å². The van der Waals surface area contributed by atoms with Gasteiger partial charge in [-0.3, -0.25) is 10.1 Å². The van der Waals surface area contributed by atoms with Gasteiger partial charge >= 0.3 is 0 Å². The van der Waals surface area contributed by atoms with E-state index in [-0.39, 0.29) is 17.1 Å². The van der Waals surface area contributed by atoms with Gasteiger partial charge in [-0.25, -0.2) is 0 Å². The second kappa shape index (κ2) is 9.54. The fraction of sp³-hybridized carbons (Fsp3) is 0.263. The average molecular weight is 437 g/mol. The van der Waals surface area contributed by atoms with Crippen molar-refractivity contribution in [3.8, 4) is 11.5 Å². The predicted molar refractivity (Wildman–Crippen MR) is 111 cm³/mol. The summed E-state index contributed by atoms with van der Waals surface area (Å²) in [5.74, 6) is 1.15. The third-order valence-corrected chi connectivity index (χ3v) is 4.49. The zero-order valence-corrected chi connectivity index (χ0v) is 17.2. The number of carbonyl (C=O) groups excluding carboxylic acids is 1. The highest BCUT2D eigenvalue weighted by molar-refractivity contribution is 9.10. The summed E-state index contributed by atoms with van der Waals surface area (Å²) in [4.78, 5) is 12.3. The van der Waals surface area contributed by atoms with Crippen molar-refractivity contribution in [2.75, 3.05) is 12.4 Å². The van der Waals surface area contributed by atoms with Crippen LogP contribution in [0.1, 0.15) is 30.6 Å². The average Bonchev–Trinajstić information content (AvgIpc) is 2.63. The van der Waals surface area contributed by atoms with E-state index in [1.165, 1.54) is 0 Å². The number of carbonyl (C=O) groups is 1. The van der Waals surface area contributed by atoms with Crippen molar-refractivity contribution >= 4 is 44.9 Å². The van der Waals surface area contributed by atoms with E-state index in [4.69, 9.17) is 21.7 Å². The third kappa shape index (κ3) is 5.71. The molecule has 0 bridgehead atoms. The van der Waals surface area contributed by atoms with E-state index >= 15 is 0 Å². The summed E-state index contributed by atoms with van der Waals surface area (Å²) in [6.45, 7) is 4.09. The van der Waals surface area contributed by atoms with Crippen LogP contribution in [0.25, 0.3) is 0 Å². The standard InChI is InChI=1S/C19H21BrN2O3S/c1-4-12(2)25-15-8-6-14(7-9-15)21-19(26)22-18(23)13-5-10-17(24-3)16(20)11-13/h5-12H,4H2,1-3H3,(H2,21,22,23,26). The molecule has 2 N–H and O–H groups in total. The molecule has 1 unspecified atom stereocenters. The number of anilines is 1. The van der Waals surface area contributed by atoms with Crippen molar-refractivity contribution in [2.45, 2.75) is 26.4 Å². The fourth-order valence-corrected chi connectivity index (χ4v) is 2.83. The van der Waals surface area contributed by atoms with E-state index in [1.807, 2.05) is 31.2 Å². The summed E-state index contributed by atoms with van der Waals surface area (Å²) in [5.41, 5.74) is 1.24. The number of benzene rings is 2. The summed E-state index contributed by atoms with van der Waals surface area (Å²) in [6, 6.07) is 12.5. The second-order valence-electron chi connectivity index (χ2n) is 5.62. The molecular weight excluding hydrogens is 416 g/mol. The highest BCUT2D eigenvalue weighted by atomic mass is 79.9. The van der Waals surface area contributed by atoms with Crippen LogP contribution in [0.5, 0.6) is 11.5 Å². The minimum Gasteiger partial charge on any atom is -0.496 e. The molecule has 1 atom stereocenters. The van der Waals surface area contributed by atoms with E-state index in [0.717, 1.165) is 17.9 Å². The molecule has 0 aromatic heterocycles. The SMILES string of the molecule is CCC(C)Oc1ccc(NC(=S)NC(=O)c2ccc(OC)c(Br)c2)cc1. The molecule has 1 amide bonds. The van der Waals surface area contributed by atoms with Crippen LogP contribution in [0.15, 0.2) is 46.9 Å². The minimum atomic E-state index is -0.303. The molecule has 138 valence electrons. The molecule has 0 saturated carbocycles. The lowest BCUT2D eigenvalue weighted by atomic mass is 10.2. The first kappa shape index (κ1) is 20.2.